The molecular formula is C13H19N3O5. The van der Waals surface area contributed by atoms with Crippen LogP contribution in [0.2, 0.25) is 0 Å². The first kappa shape index (κ1) is 17.0. The number of nitro benzene ring substituents is 2. The number of non-ortho nitro benzene ring substituents is 1. The van der Waals surface area contributed by atoms with Gasteiger partial charge in [-0.3, -0.25) is 20.2 Å². The highest BCUT2D eigenvalue weighted by atomic mass is 16.6. The van der Waals surface area contributed by atoms with Crippen molar-refractivity contribution in [3.63, 3.8) is 0 Å². The monoisotopic (exact) mass is 297 g/mol. The Kier molecular flexibility index (Phi) is 6.19. The molecular weight excluding hydrogens is 278 g/mol. The normalized spacial score (nSPS) is 12.4. The molecule has 0 radical (unpaired) electrons. The van der Waals surface area contributed by atoms with Crippen molar-refractivity contribution in [2.24, 2.45) is 5.92 Å². The smallest absolute Gasteiger partial charge is 0.280 e. The maximum Gasteiger partial charge on any atom is 0.280 e. The Labute approximate surface area is 122 Å². The van der Waals surface area contributed by atoms with E-state index in [1.165, 1.54) is 12.1 Å². The number of aliphatic hydroxyl groups excluding tert-OH is 1. The molecule has 2 N–H and O–H groups in total. The predicted molar refractivity (Wildman–Crippen MR) is 76.9 cm³/mol. The molecule has 0 aliphatic heterocycles. The lowest BCUT2D eigenvalue weighted by Crippen LogP contribution is -2.34. The molecule has 1 rings (SSSR count). The molecule has 0 aliphatic carbocycles. The van der Waals surface area contributed by atoms with Crippen LogP contribution in [0, 0.1) is 26.1 Å². The Balaban J connectivity index is 2.92. The molecule has 116 valence electrons. The van der Waals surface area contributed by atoms with Gasteiger partial charge >= 0.3 is 0 Å². The van der Waals surface area contributed by atoms with Crippen LogP contribution in [0.3, 0.4) is 0 Å². The molecule has 1 unspecified atom stereocenters. The first-order chi connectivity index (χ1) is 9.86. The van der Waals surface area contributed by atoms with Crippen molar-refractivity contribution in [3.8, 4) is 0 Å². The summed E-state index contributed by atoms with van der Waals surface area (Å²) in [5.74, 6) is 0.259. The molecule has 0 aromatic heterocycles. The zero-order chi connectivity index (χ0) is 16.0. The predicted octanol–water partition coefficient (Wildman–Crippen LogP) is 2.00. The Morgan fingerprint density at radius 1 is 1.24 bits per heavy atom. The van der Waals surface area contributed by atoms with E-state index in [1.807, 2.05) is 13.8 Å². The second-order valence-corrected chi connectivity index (χ2v) is 5.07. The summed E-state index contributed by atoms with van der Waals surface area (Å²) in [5, 5.41) is 33.8. The van der Waals surface area contributed by atoms with E-state index in [4.69, 9.17) is 5.11 Å². The Morgan fingerprint density at radius 3 is 2.38 bits per heavy atom. The van der Waals surface area contributed by atoms with Crippen LogP contribution in [0.5, 0.6) is 0 Å². The second-order valence-electron chi connectivity index (χ2n) is 5.07. The van der Waals surface area contributed by atoms with Crippen LogP contribution < -0.4 is 5.32 Å². The van der Waals surface area contributed by atoms with E-state index in [9.17, 15) is 20.2 Å². The van der Waals surface area contributed by atoms with Gasteiger partial charge < -0.3 is 10.4 Å². The highest BCUT2D eigenvalue weighted by Gasteiger charge is 2.20. The average Bonchev–Trinajstić information content (AvgIpc) is 2.42. The number of aliphatic hydroxyl groups is 1. The molecule has 21 heavy (non-hydrogen) atoms. The van der Waals surface area contributed by atoms with Gasteiger partial charge in [0.15, 0.2) is 0 Å². The Hall–Kier alpha value is -2.06. The van der Waals surface area contributed by atoms with Crippen molar-refractivity contribution in [1.29, 1.82) is 0 Å². The minimum absolute atomic E-state index is 0.0183. The van der Waals surface area contributed by atoms with Gasteiger partial charge in [-0.25, -0.2) is 0 Å². The fraction of sp³-hybridized carbons (Fsp3) is 0.538. The van der Waals surface area contributed by atoms with Crippen molar-refractivity contribution in [3.05, 3.63) is 44.0 Å². The lowest BCUT2D eigenvalue weighted by molar-refractivity contribution is -0.394. The van der Waals surface area contributed by atoms with E-state index in [-0.39, 0.29) is 36.5 Å². The van der Waals surface area contributed by atoms with Crippen molar-refractivity contribution in [2.75, 3.05) is 6.61 Å². The molecule has 0 heterocycles. The van der Waals surface area contributed by atoms with Crippen LogP contribution in [0.4, 0.5) is 11.4 Å². The first-order valence-electron chi connectivity index (χ1n) is 6.62. The van der Waals surface area contributed by atoms with Crippen LogP contribution in [0.1, 0.15) is 25.8 Å². The molecule has 0 aliphatic rings. The number of hydrogen-bond donors (Lipinski definition) is 2. The molecule has 8 nitrogen and oxygen atoms in total. The largest absolute Gasteiger partial charge is 0.396 e. The van der Waals surface area contributed by atoms with Gasteiger partial charge in [0.1, 0.15) is 0 Å². The molecule has 0 saturated carbocycles. The molecule has 0 saturated heterocycles. The minimum atomic E-state index is -0.660. The molecule has 1 atom stereocenters. The maximum absolute atomic E-state index is 11.0. The third-order valence-corrected chi connectivity index (χ3v) is 3.28. The van der Waals surface area contributed by atoms with E-state index in [0.29, 0.717) is 12.0 Å². The molecule has 0 bridgehead atoms. The van der Waals surface area contributed by atoms with E-state index in [2.05, 4.69) is 5.32 Å². The SMILES string of the molecule is CC(C)C(CCO)NCc1ccc([N+](=O)[O-])cc1[N+](=O)[O-]. The summed E-state index contributed by atoms with van der Waals surface area (Å²) in [6.07, 6.45) is 0.540. The van der Waals surface area contributed by atoms with Crippen LogP contribution in [0.15, 0.2) is 18.2 Å². The highest BCUT2D eigenvalue weighted by molar-refractivity contribution is 5.49. The topological polar surface area (TPSA) is 119 Å². The zero-order valence-corrected chi connectivity index (χ0v) is 12.0. The number of rotatable bonds is 8. The minimum Gasteiger partial charge on any atom is -0.396 e. The van der Waals surface area contributed by atoms with Crippen molar-refractivity contribution >= 4 is 11.4 Å². The van der Waals surface area contributed by atoms with Gasteiger partial charge in [0, 0.05) is 30.8 Å². The number of hydrogen-bond acceptors (Lipinski definition) is 6. The summed E-state index contributed by atoms with van der Waals surface area (Å²) < 4.78 is 0. The third kappa shape index (κ3) is 4.76. The summed E-state index contributed by atoms with van der Waals surface area (Å²) in [7, 11) is 0. The van der Waals surface area contributed by atoms with E-state index in [0.717, 1.165) is 6.07 Å². The number of nitrogens with zero attached hydrogens (tertiary/aromatic N) is 2. The summed E-state index contributed by atoms with van der Waals surface area (Å²) in [5.41, 5.74) is -0.196. The molecule has 1 aromatic carbocycles. The number of nitro groups is 2. The van der Waals surface area contributed by atoms with Crippen LogP contribution in [-0.4, -0.2) is 27.6 Å². The average molecular weight is 297 g/mol. The summed E-state index contributed by atoms with van der Waals surface area (Å²) >= 11 is 0. The van der Waals surface area contributed by atoms with Gasteiger partial charge in [-0.05, 0) is 18.4 Å². The van der Waals surface area contributed by atoms with E-state index >= 15 is 0 Å². The summed E-state index contributed by atoms with van der Waals surface area (Å²) in [4.78, 5) is 20.4. The standard InChI is InChI=1S/C13H19N3O5/c1-9(2)12(5-6-17)14-8-10-3-4-11(15(18)19)7-13(10)16(20)21/h3-4,7,9,12,14,17H,5-6,8H2,1-2H3. The summed E-state index contributed by atoms with van der Waals surface area (Å²) in [6.45, 7) is 4.21. The van der Waals surface area contributed by atoms with Gasteiger partial charge in [0.25, 0.3) is 11.4 Å². The van der Waals surface area contributed by atoms with Crippen LogP contribution >= 0.6 is 0 Å². The van der Waals surface area contributed by atoms with E-state index < -0.39 is 9.85 Å². The van der Waals surface area contributed by atoms with Crippen LogP contribution in [0.25, 0.3) is 0 Å². The highest BCUT2D eigenvalue weighted by Crippen LogP contribution is 2.24. The second kappa shape index (κ2) is 7.65. The van der Waals surface area contributed by atoms with Gasteiger partial charge in [0.2, 0.25) is 0 Å². The Bertz CT molecular complexity index is 519. The zero-order valence-electron chi connectivity index (χ0n) is 12.0. The van der Waals surface area contributed by atoms with Crippen molar-refractivity contribution in [1.82, 2.24) is 5.32 Å². The van der Waals surface area contributed by atoms with Gasteiger partial charge in [0.05, 0.1) is 15.9 Å². The molecule has 0 spiro atoms. The summed E-state index contributed by atoms with van der Waals surface area (Å²) in [6, 6.07) is 3.62. The molecule has 8 heteroatoms. The number of benzene rings is 1. The van der Waals surface area contributed by atoms with Gasteiger partial charge in [-0.2, -0.15) is 0 Å². The lowest BCUT2D eigenvalue weighted by atomic mass is 10.0. The van der Waals surface area contributed by atoms with Gasteiger partial charge in [-0.15, -0.1) is 0 Å². The fourth-order valence-corrected chi connectivity index (χ4v) is 2.04. The maximum atomic E-state index is 11.0. The Morgan fingerprint density at radius 2 is 1.90 bits per heavy atom. The lowest BCUT2D eigenvalue weighted by Gasteiger charge is -2.21. The fourth-order valence-electron chi connectivity index (χ4n) is 2.04. The quantitative estimate of drug-likeness (QED) is 0.559. The molecule has 1 aromatic rings. The van der Waals surface area contributed by atoms with E-state index in [1.54, 1.807) is 0 Å². The van der Waals surface area contributed by atoms with Crippen LogP contribution in [-0.2, 0) is 6.54 Å². The first-order valence-corrected chi connectivity index (χ1v) is 6.62. The third-order valence-electron chi connectivity index (χ3n) is 3.28. The number of nitrogens with one attached hydrogen (secondary N) is 1. The van der Waals surface area contributed by atoms with Gasteiger partial charge in [-0.1, -0.05) is 13.8 Å². The molecule has 0 amide bonds. The molecule has 0 fully saturated rings. The van der Waals surface area contributed by atoms with Crippen molar-refractivity contribution in [2.45, 2.75) is 32.9 Å². The van der Waals surface area contributed by atoms with Crippen molar-refractivity contribution < 1.29 is 15.0 Å².